The Balaban J connectivity index is 1.56. The van der Waals surface area contributed by atoms with Crippen molar-refractivity contribution in [3.8, 4) is 28.0 Å². The van der Waals surface area contributed by atoms with Gasteiger partial charge in [-0.05, 0) is 36.4 Å². The molecular weight excluding hydrogens is 342 g/mol. The van der Waals surface area contributed by atoms with Crippen molar-refractivity contribution in [1.29, 1.82) is 0 Å². The zero-order valence-corrected chi connectivity index (χ0v) is 14.0. The number of thiazole rings is 1. The van der Waals surface area contributed by atoms with Gasteiger partial charge in [-0.15, -0.1) is 16.4 Å². The maximum Gasteiger partial charge on any atom is 0.437 e. The van der Waals surface area contributed by atoms with E-state index in [1.54, 1.807) is 19.2 Å². The van der Waals surface area contributed by atoms with Gasteiger partial charge in [-0.25, -0.2) is 9.78 Å². The third-order valence-electron chi connectivity index (χ3n) is 3.54. The summed E-state index contributed by atoms with van der Waals surface area (Å²) in [6.07, 6.45) is 1.50. The standard InChI is InChI=1S/C17H13N3O4S/c1-22-13-6-4-11(5-7-13)16-18-12(10-25-16)9-20-17(21)24-15(19-20)14-3-2-8-23-14/h2-8,10H,9H2,1H3. The fraction of sp³-hybridized carbons (Fsp3) is 0.118. The van der Waals surface area contributed by atoms with Crippen molar-refractivity contribution in [3.05, 3.63) is 64.3 Å². The van der Waals surface area contributed by atoms with E-state index in [2.05, 4.69) is 10.1 Å². The fourth-order valence-corrected chi connectivity index (χ4v) is 3.12. The van der Waals surface area contributed by atoms with Crippen molar-refractivity contribution in [2.24, 2.45) is 0 Å². The molecule has 4 rings (SSSR count). The Morgan fingerprint density at radius 1 is 1.24 bits per heavy atom. The fourth-order valence-electron chi connectivity index (χ4n) is 2.31. The molecule has 0 aliphatic rings. The summed E-state index contributed by atoms with van der Waals surface area (Å²) in [5.41, 5.74) is 1.72. The van der Waals surface area contributed by atoms with Crippen LogP contribution in [0.3, 0.4) is 0 Å². The first-order valence-electron chi connectivity index (χ1n) is 7.43. The highest BCUT2D eigenvalue weighted by molar-refractivity contribution is 7.13. The van der Waals surface area contributed by atoms with E-state index in [9.17, 15) is 4.79 Å². The molecule has 4 aromatic rings. The summed E-state index contributed by atoms with van der Waals surface area (Å²) in [5.74, 6) is 0.805. The number of nitrogens with zero attached hydrogens (tertiary/aromatic N) is 3. The molecular formula is C17H13N3O4S. The first kappa shape index (κ1) is 15.4. The first-order valence-corrected chi connectivity index (χ1v) is 8.31. The van der Waals surface area contributed by atoms with E-state index in [1.807, 2.05) is 29.6 Å². The van der Waals surface area contributed by atoms with E-state index in [-0.39, 0.29) is 12.4 Å². The summed E-state index contributed by atoms with van der Waals surface area (Å²) in [6.45, 7) is 0.232. The summed E-state index contributed by atoms with van der Waals surface area (Å²) < 4.78 is 16.7. The van der Waals surface area contributed by atoms with E-state index in [1.165, 1.54) is 22.3 Å². The number of benzene rings is 1. The number of ether oxygens (including phenoxy) is 1. The van der Waals surface area contributed by atoms with Crippen LogP contribution in [-0.4, -0.2) is 21.9 Å². The molecule has 0 atom stereocenters. The van der Waals surface area contributed by atoms with Gasteiger partial charge in [0.15, 0.2) is 5.76 Å². The van der Waals surface area contributed by atoms with Gasteiger partial charge in [0.05, 0.1) is 25.6 Å². The van der Waals surface area contributed by atoms with Gasteiger partial charge in [0.2, 0.25) is 0 Å². The topological polar surface area (TPSA) is 83.3 Å². The van der Waals surface area contributed by atoms with Gasteiger partial charge in [-0.3, -0.25) is 0 Å². The van der Waals surface area contributed by atoms with Crippen LogP contribution in [0.5, 0.6) is 5.75 Å². The Morgan fingerprint density at radius 2 is 2.08 bits per heavy atom. The molecule has 3 heterocycles. The SMILES string of the molecule is COc1ccc(-c2nc(Cn3nc(-c4ccco4)oc3=O)cs2)cc1. The average Bonchev–Trinajstić information content (AvgIpc) is 3.37. The first-order chi connectivity index (χ1) is 12.2. The minimum Gasteiger partial charge on any atom is -0.497 e. The maximum absolute atomic E-state index is 11.9. The number of hydrogen-bond donors (Lipinski definition) is 0. The Kier molecular flexibility index (Phi) is 3.95. The van der Waals surface area contributed by atoms with E-state index < -0.39 is 5.76 Å². The zero-order chi connectivity index (χ0) is 17.2. The molecule has 0 spiro atoms. The number of aromatic nitrogens is 3. The van der Waals surface area contributed by atoms with Crippen LogP contribution in [0.25, 0.3) is 22.2 Å². The summed E-state index contributed by atoms with van der Waals surface area (Å²) in [7, 11) is 1.63. The number of rotatable bonds is 5. The van der Waals surface area contributed by atoms with Crippen LogP contribution in [0, 0.1) is 0 Å². The zero-order valence-electron chi connectivity index (χ0n) is 13.2. The number of methoxy groups -OCH3 is 1. The molecule has 0 radical (unpaired) electrons. The summed E-state index contributed by atoms with van der Waals surface area (Å²) in [5, 5.41) is 6.90. The molecule has 0 aliphatic carbocycles. The second-order valence-electron chi connectivity index (χ2n) is 5.18. The molecule has 0 N–H and O–H groups in total. The number of furan rings is 1. The molecule has 3 aromatic heterocycles. The highest BCUT2D eigenvalue weighted by atomic mass is 32.1. The van der Waals surface area contributed by atoms with Crippen LogP contribution in [0.15, 0.2) is 61.7 Å². The van der Waals surface area contributed by atoms with Crippen molar-refractivity contribution in [2.45, 2.75) is 6.54 Å². The summed E-state index contributed by atoms with van der Waals surface area (Å²) in [6, 6.07) is 11.0. The van der Waals surface area contributed by atoms with Crippen LogP contribution in [0.4, 0.5) is 0 Å². The Labute approximate surface area is 146 Å². The molecule has 7 nitrogen and oxygen atoms in total. The van der Waals surface area contributed by atoms with Crippen molar-refractivity contribution in [1.82, 2.24) is 14.8 Å². The molecule has 1 aromatic carbocycles. The Bertz CT molecular complexity index is 1030. The lowest BCUT2D eigenvalue weighted by atomic mass is 10.2. The smallest absolute Gasteiger partial charge is 0.437 e. The largest absolute Gasteiger partial charge is 0.497 e. The molecule has 0 bridgehead atoms. The van der Waals surface area contributed by atoms with E-state index >= 15 is 0 Å². The molecule has 25 heavy (non-hydrogen) atoms. The van der Waals surface area contributed by atoms with Crippen LogP contribution >= 0.6 is 11.3 Å². The average molecular weight is 355 g/mol. The lowest BCUT2D eigenvalue weighted by Crippen LogP contribution is -2.16. The van der Waals surface area contributed by atoms with Crippen molar-refractivity contribution in [2.75, 3.05) is 7.11 Å². The van der Waals surface area contributed by atoms with Crippen molar-refractivity contribution >= 4 is 11.3 Å². The summed E-state index contributed by atoms with van der Waals surface area (Å²) in [4.78, 5) is 16.5. The normalized spacial score (nSPS) is 10.9. The third-order valence-corrected chi connectivity index (χ3v) is 4.48. The van der Waals surface area contributed by atoms with Crippen molar-refractivity contribution < 1.29 is 13.6 Å². The Morgan fingerprint density at radius 3 is 2.80 bits per heavy atom. The highest BCUT2D eigenvalue weighted by Gasteiger charge is 2.14. The number of hydrogen-bond acceptors (Lipinski definition) is 7. The predicted octanol–water partition coefficient (Wildman–Crippen LogP) is 3.28. The minimum absolute atomic E-state index is 0.153. The molecule has 0 unspecified atom stereocenters. The van der Waals surface area contributed by atoms with Gasteiger partial charge in [-0.2, -0.15) is 4.68 Å². The second kappa shape index (κ2) is 6.40. The van der Waals surface area contributed by atoms with E-state index in [0.717, 1.165) is 22.0 Å². The van der Waals surface area contributed by atoms with Crippen LogP contribution < -0.4 is 10.5 Å². The molecule has 126 valence electrons. The van der Waals surface area contributed by atoms with Crippen LogP contribution in [0.1, 0.15) is 5.69 Å². The molecule has 0 aliphatic heterocycles. The highest BCUT2D eigenvalue weighted by Crippen LogP contribution is 2.26. The van der Waals surface area contributed by atoms with Crippen LogP contribution in [-0.2, 0) is 6.54 Å². The van der Waals surface area contributed by atoms with Gasteiger partial charge in [-0.1, -0.05) is 0 Å². The van der Waals surface area contributed by atoms with Crippen LogP contribution in [0.2, 0.25) is 0 Å². The Hall–Kier alpha value is -3.13. The quantitative estimate of drug-likeness (QED) is 0.546. The van der Waals surface area contributed by atoms with Crippen molar-refractivity contribution in [3.63, 3.8) is 0 Å². The van der Waals surface area contributed by atoms with Gasteiger partial charge < -0.3 is 13.6 Å². The minimum atomic E-state index is -0.551. The van der Waals surface area contributed by atoms with Gasteiger partial charge in [0, 0.05) is 10.9 Å². The monoisotopic (exact) mass is 355 g/mol. The summed E-state index contributed by atoms with van der Waals surface area (Å²) >= 11 is 1.50. The maximum atomic E-state index is 11.9. The predicted molar refractivity (Wildman–Crippen MR) is 91.7 cm³/mol. The molecule has 8 heteroatoms. The van der Waals surface area contributed by atoms with Gasteiger partial charge in [0.25, 0.3) is 5.89 Å². The lowest BCUT2D eigenvalue weighted by molar-refractivity contribution is 0.415. The molecule has 0 saturated carbocycles. The molecule has 0 saturated heterocycles. The van der Waals surface area contributed by atoms with E-state index in [4.69, 9.17) is 13.6 Å². The second-order valence-corrected chi connectivity index (χ2v) is 6.04. The van der Waals surface area contributed by atoms with Gasteiger partial charge >= 0.3 is 5.76 Å². The molecule has 0 fully saturated rings. The lowest BCUT2D eigenvalue weighted by Gasteiger charge is -2.00. The third kappa shape index (κ3) is 3.11. The van der Waals surface area contributed by atoms with Gasteiger partial charge in [0.1, 0.15) is 10.8 Å². The van der Waals surface area contributed by atoms with E-state index in [0.29, 0.717) is 5.76 Å². The molecule has 0 amide bonds.